The summed E-state index contributed by atoms with van der Waals surface area (Å²) < 4.78 is 32.9. The van der Waals surface area contributed by atoms with Crippen molar-refractivity contribution in [2.45, 2.75) is 45.1 Å². The Kier molecular flexibility index (Phi) is 5.79. The first-order valence-corrected chi connectivity index (χ1v) is 9.15. The first-order valence-electron chi connectivity index (χ1n) is 7.67. The summed E-state index contributed by atoms with van der Waals surface area (Å²) in [6, 6.07) is 7.43. The van der Waals surface area contributed by atoms with Gasteiger partial charge in [0.05, 0.1) is 18.0 Å². The number of hydrogen-bond donors (Lipinski definition) is 2. The van der Waals surface area contributed by atoms with Crippen LogP contribution in [0.1, 0.15) is 36.7 Å². The van der Waals surface area contributed by atoms with Crippen molar-refractivity contribution in [2.24, 2.45) is 0 Å². The zero-order valence-electron chi connectivity index (χ0n) is 13.7. The quantitative estimate of drug-likeness (QED) is 0.725. The zero-order chi connectivity index (χ0) is 16.9. The molecule has 0 amide bonds. The van der Waals surface area contributed by atoms with Crippen LogP contribution < -0.4 is 9.46 Å². The average molecular weight is 337 g/mol. The number of hydrogen-bond acceptors (Lipinski definition) is 4. The first kappa shape index (κ1) is 17.5. The maximum absolute atomic E-state index is 12.4. The molecule has 0 aliphatic rings. The van der Waals surface area contributed by atoms with Gasteiger partial charge in [0.2, 0.25) is 10.0 Å². The lowest BCUT2D eigenvalue weighted by Crippen LogP contribution is -2.24. The standard InChI is InChI=1S/C16H23N3O3S/c1-4-5-10-22-15-8-6-14(7-9-15)11-17-23(20,21)16-12(2)18-19-13(16)3/h6-9,17H,4-5,10-11H2,1-3H3,(H,18,19). The molecule has 23 heavy (non-hydrogen) atoms. The van der Waals surface area contributed by atoms with E-state index >= 15 is 0 Å². The summed E-state index contributed by atoms with van der Waals surface area (Å²) >= 11 is 0. The molecule has 2 aromatic rings. The van der Waals surface area contributed by atoms with Gasteiger partial charge >= 0.3 is 0 Å². The number of sulfonamides is 1. The molecule has 0 spiro atoms. The van der Waals surface area contributed by atoms with Gasteiger partial charge in [0.1, 0.15) is 10.6 Å². The normalized spacial score (nSPS) is 11.6. The number of ether oxygens (including phenoxy) is 1. The third kappa shape index (κ3) is 4.56. The van der Waals surface area contributed by atoms with E-state index in [0.717, 1.165) is 24.2 Å². The Morgan fingerprint density at radius 1 is 1.22 bits per heavy atom. The Balaban J connectivity index is 1.98. The van der Waals surface area contributed by atoms with Crippen LogP contribution in [-0.2, 0) is 16.6 Å². The highest BCUT2D eigenvalue weighted by Gasteiger charge is 2.21. The molecule has 0 bridgehead atoms. The van der Waals surface area contributed by atoms with Gasteiger partial charge in [0.15, 0.2) is 0 Å². The van der Waals surface area contributed by atoms with Gasteiger partial charge in [-0.25, -0.2) is 13.1 Å². The summed E-state index contributed by atoms with van der Waals surface area (Å²) in [6.07, 6.45) is 2.11. The van der Waals surface area contributed by atoms with Crippen LogP contribution >= 0.6 is 0 Å². The van der Waals surface area contributed by atoms with Crippen LogP contribution in [0.15, 0.2) is 29.2 Å². The van der Waals surface area contributed by atoms with Gasteiger partial charge < -0.3 is 4.74 Å². The summed E-state index contributed by atoms with van der Waals surface area (Å²) in [5.41, 5.74) is 1.87. The van der Waals surface area contributed by atoms with Crippen molar-refractivity contribution in [1.82, 2.24) is 14.9 Å². The second kappa shape index (κ2) is 7.61. The number of nitrogens with zero attached hydrogens (tertiary/aromatic N) is 1. The van der Waals surface area contributed by atoms with E-state index in [4.69, 9.17) is 4.74 Å². The second-order valence-corrected chi connectivity index (χ2v) is 7.14. The molecule has 1 aromatic carbocycles. The fourth-order valence-electron chi connectivity index (χ4n) is 2.23. The minimum absolute atomic E-state index is 0.219. The maximum atomic E-state index is 12.4. The molecule has 0 aliphatic heterocycles. The van der Waals surface area contributed by atoms with Crippen LogP contribution in [0.4, 0.5) is 0 Å². The van der Waals surface area contributed by atoms with Crippen LogP contribution in [0.25, 0.3) is 0 Å². The Morgan fingerprint density at radius 3 is 2.48 bits per heavy atom. The number of aromatic amines is 1. The largest absolute Gasteiger partial charge is 0.494 e. The van der Waals surface area contributed by atoms with Gasteiger partial charge in [0.25, 0.3) is 0 Å². The molecule has 0 fully saturated rings. The van der Waals surface area contributed by atoms with Gasteiger partial charge in [-0.05, 0) is 38.0 Å². The maximum Gasteiger partial charge on any atom is 0.244 e. The van der Waals surface area contributed by atoms with Crippen LogP contribution in [0, 0.1) is 13.8 Å². The predicted octanol–water partition coefficient (Wildman–Crippen LogP) is 2.68. The van der Waals surface area contributed by atoms with E-state index in [1.165, 1.54) is 0 Å². The average Bonchev–Trinajstić information content (AvgIpc) is 2.86. The van der Waals surface area contributed by atoms with Gasteiger partial charge in [-0.2, -0.15) is 5.10 Å². The van der Waals surface area contributed by atoms with Crippen molar-refractivity contribution in [2.75, 3.05) is 6.61 Å². The molecular weight excluding hydrogens is 314 g/mol. The highest BCUT2D eigenvalue weighted by Crippen LogP contribution is 2.17. The molecule has 1 aromatic heterocycles. The highest BCUT2D eigenvalue weighted by atomic mass is 32.2. The van der Waals surface area contributed by atoms with Crippen LogP contribution in [0.5, 0.6) is 5.75 Å². The van der Waals surface area contributed by atoms with Gasteiger partial charge in [0, 0.05) is 6.54 Å². The summed E-state index contributed by atoms with van der Waals surface area (Å²) in [5, 5.41) is 6.61. The number of nitrogens with one attached hydrogen (secondary N) is 2. The lowest BCUT2D eigenvalue weighted by atomic mass is 10.2. The van der Waals surface area contributed by atoms with Crippen molar-refractivity contribution in [1.29, 1.82) is 0 Å². The van der Waals surface area contributed by atoms with E-state index in [-0.39, 0.29) is 11.4 Å². The lowest BCUT2D eigenvalue weighted by Gasteiger charge is -2.09. The van der Waals surface area contributed by atoms with Gasteiger partial charge in [-0.1, -0.05) is 25.5 Å². The number of benzene rings is 1. The van der Waals surface area contributed by atoms with Crippen LogP contribution in [-0.4, -0.2) is 25.2 Å². The fraction of sp³-hybridized carbons (Fsp3) is 0.438. The van der Waals surface area contributed by atoms with Gasteiger partial charge in [-0.3, -0.25) is 5.10 Å². The SMILES string of the molecule is CCCCOc1ccc(CNS(=O)(=O)c2c(C)n[nH]c2C)cc1. The van der Waals surface area contributed by atoms with E-state index in [9.17, 15) is 8.42 Å². The molecule has 0 radical (unpaired) electrons. The Morgan fingerprint density at radius 2 is 1.91 bits per heavy atom. The lowest BCUT2D eigenvalue weighted by molar-refractivity contribution is 0.309. The van der Waals surface area contributed by atoms with E-state index in [0.29, 0.717) is 18.0 Å². The Hall–Kier alpha value is -1.86. The van der Waals surface area contributed by atoms with E-state index in [1.807, 2.05) is 24.3 Å². The summed E-state index contributed by atoms with van der Waals surface area (Å²) in [5.74, 6) is 0.798. The number of unbranched alkanes of at least 4 members (excludes halogenated alkanes) is 1. The Labute approximate surface area is 137 Å². The zero-order valence-corrected chi connectivity index (χ0v) is 14.5. The minimum Gasteiger partial charge on any atom is -0.494 e. The molecule has 126 valence electrons. The Bertz CT molecular complexity index is 717. The number of H-pyrrole nitrogens is 1. The molecule has 0 saturated carbocycles. The van der Waals surface area contributed by atoms with E-state index in [2.05, 4.69) is 21.8 Å². The third-order valence-corrected chi connectivity index (χ3v) is 5.15. The molecule has 7 heteroatoms. The molecule has 0 atom stereocenters. The topological polar surface area (TPSA) is 84.1 Å². The molecule has 0 saturated heterocycles. The third-order valence-electron chi connectivity index (χ3n) is 3.49. The molecule has 2 rings (SSSR count). The molecule has 6 nitrogen and oxygen atoms in total. The fourth-order valence-corrected chi connectivity index (χ4v) is 3.61. The minimum atomic E-state index is -3.58. The summed E-state index contributed by atoms with van der Waals surface area (Å²) in [6.45, 7) is 6.39. The molecular formula is C16H23N3O3S. The van der Waals surface area contributed by atoms with Crippen LogP contribution in [0.3, 0.4) is 0 Å². The van der Waals surface area contributed by atoms with E-state index in [1.54, 1.807) is 13.8 Å². The monoisotopic (exact) mass is 337 g/mol. The van der Waals surface area contributed by atoms with Crippen molar-refractivity contribution < 1.29 is 13.2 Å². The molecule has 1 heterocycles. The van der Waals surface area contributed by atoms with Gasteiger partial charge in [-0.15, -0.1) is 0 Å². The first-order chi connectivity index (χ1) is 10.9. The summed E-state index contributed by atoms with van der Waals surface area (Å²) in [4.78, 5) is 0.219. The highest BCUT2D eigenvalue weighted by molar-refractivity contribution is 7.89. The number of rotatable bonds is 8. The molecule has 0 unspecified atom stereocenters. The second-order valence-electron chi connectivity index (χ2n) is 5.43. The number of aryl methyl sites for hydroxylation is 2. The van der Waals surface area contributed by atoms with Crippen molar-refractivity contribution in [3.8, 4) is 5.75 Å². The van der Waals surface area contributed by atoms with E-state index < -0.39 is 10.0 Å². The predicted molar refractivity (Wildman–Crippen MR) is 88.9 cm³/mol. The van der Waals surface area contributed by atoms with Crippen molar-refractivity contribution in [3.05, 3.63) is 41.2 Å². The molecule has 2 N–H and O–H groups in total. The van der Waals surface area contributed by atoms with Crippen LogP contribution in [0.2, 0.25) is 0 Å². The van der Waals surface area contributed by atoms with Crippen molar-refractivity contribution in [3.63, 3.8) is 0 Å². The molecule has 0 aliphatic carbocycles. The number of aromatic nitrogens is 2. The smallest absolute Gasteiger partial charge is 0.244 e. The van der Waals surface area contributed by atoms with Crippen molar-refractivity contribution >= 4 is 10.0 Å². The summed E-state index contributed by atoms with van der Waals surface area (Å²) in [7, 11) is -3.58.